The summed E-state index contributed by atoms with van der Waals surface area (Å²) in [5.74, 6) is 0.0589. The molecule has 0 bridgehead atoms. The van der Waals surface area contributed by atoms with Gasteiger partial charge in [0.2, 0.25) is 0 Å². The van der Waals surface area contributed by atoms with Gasteiger partial charge in [0.1, 0.15) is 11.6 Å². The van der Waals surface area contributed by atoms with Crippen molar-refractivity contribution in [1.82, 2.24) is 14.7 Å². The Morgan fingerprint density at radius 1 is 1.48 bits per heavy atom. The largest absolute Gasteiger partial charge is 0.467 e. The monoisotopic (exact) mass is 316 g/mol. The molecule has 122 valence electrons. The molecular weight excluding hydrogens is 296 g/mol. The molecule has 0 unspecified atom stereocenters. The smallest absolute Gasteiger partial charge is 0.315 e. The fourth-order valence-corrected chi connectivity index (χ4v) is 2.90. The number of hydrogen-bond donors (Lipinski definition) is 1. The van der Waals surface area contributed by atoms with Crippen LogP contribution < -0.4 is 5.32 Å². The average molecular weight is 316 g/mol. The molecule has 7 nitrogen and oxygen atoms in total. The van der Waals surface area contributed by atoms with Gasteiger partial charge in [-0.05, 0) is 31.4 Å². The SMILES string of the molecule is CCc1cc(NC(=O)C(=O)N2CCC[C@H]2c2ccco2)n(C)n1. The van der Waals surface area contributed by atoms with Gasteiger partial charge < -0.3 is 14.6 Å². The number of furan rings is 1. The van der Waals surface area contributed by atoms with Gasteiger partial charge in [-0.15, -0.1) is 0 Å². The van der Waals surface area contributed by atoms with Gasteiger partial charge in [0.25, 0.3) is 0 Å². The molecule has 0 saturated carbocycles. The summed E-state index contributed by atoms with van der Waals surface area (Å²) < 4.78 is 6.96. The van der Waals surface area contributed by atoms with Gasteiger partial charge in [-0.25, -0.2) is 0 Å². The van der Waals surface area contributed by atoms with Crippen LogP contribution in [0.15, 0.2) is 28.9 Å². The minimum Gasteiger partial charge on any atom is -0.467 e. The van der Waals surface area contributed by atoms with E-state index in [9.17, 15) is 9.59 Å². The Kier molecular flexibility index (Phi) is 4.18. The van der Waals surface area contributed by atoms with E-state index in [4.69, 9.17) is 4.42 Å². The quantitative estimate of drug-likeness (QED) is 0.877. The van der Waals surface area contributed by atoms with E-state index in [-0.39, 0.29) is 6.04 Å². The second-order valence-corrected chi connectivity index (χ2v) is 5.62. The van der Waals surface area contributed by atoms with Gasteiger partial charge in [-0.2, -0.15) is 5.10 Å². The number of carbonyl (C=O) groups is 2. The molecule has 7 heteroatoms. The average Bonchev–Trinajstić information content (AvgIpc) is 3.26. The predicted molar refractivity (Wildman–Crippen MR) is 83.6 cm³/mol. The van der Waals surface area contributed by atoms with E-state index in [1.165, 1.54) is 0 Å². The van der Waals surface area contributed by atoms with Crippen LogP contribution in [0.4, 0.5) is 5.82 Å². The molecular formula is C16H20N4O3. The van der Waals surface area contributed by atoms with Gasteiger partial charge >= 0.3 is 11.8 Å². The lowest BCUT2D eigenvalue weighted by molar-refractivity contribution is -0.144. The van der Waals surface area contributed by atoms with Crippen molar-refractivity contribution in [2.45, 2.75) is 32.2 Å². The van der Waals surface area contributed by atoms with Crippen molar-refractivity contribution in [1.29, 1.82) is 0 Å². The van der Waals surface area contributed by atoms with E-state index in [0.29, 0.717) is 12.4 Å². The topological polar surface area (TPSA) is 80.4 Å². The zero-order valence-electron chi connectivity index (χ0n) is 13.3. The minimum absolute atomic E-state index is 0.166. The first kappa shape index (κ1) is 15.3. The summed E-state index contributed by atoms with van der Waals surface area (Å²) in [5.41, 5.74) is 0.866. The first-order chi connectivity index (χ1) is 11.1. The number of rotatable bonds is 3. The van der Waals surface area contributed by atoms with Crippen LogP contribution in [-0.4, -0.2) is 33.0 Å². The molecule has 1 fully saturated rings. The normalized spacial score (nSPS) is 17.5. The van der Waals surface area contributed by atoms with Gasteiger partial charge in [-0.3, -0.25) is 14.3 Å². The third-order valence-electron chi connectivity index (χ3n) is 4.11. The summed E-state index contributed by atoms with van der Waals surface area (Å²) in [6.07, 6.45) is 4.01. The molecule has 3 rings (SSSR count). The molecule has 2 aromatic rings. The summed E-state index contributed by atoms with van der Waals surface area (Å²) in [5, 5.41) is 6.90. The van der Waals surface area contributed by atoms with E-state index in [0.717, 1.165) is 30.7 Å². The summed E-state index contributed by atoms with van der Waals surface area (Å²) >= 11 is 0. The van der Waals surface area contributed by atoms with Crippen LogP contribution in [0.2, 0.25) is 0 Å². The lowest BCUT2D eigenvalue weighted by Crippen LogP contribution is -2.39. The fraction of sp³-hybridized carbons (Fsp3) is 0.438. The van der Waals surface area contributed by atoms with Crippen LogP contribution in [-0.2, 0) is 23.1 Å². The number of aromatic nitrogens is 2. The van der Waals surface area contributed by atoms with Crippen molar-refractivity contribution in [3.63, 3.8) is 0 Å². The van der Waals surface area contributed by atoms with Crippen molar-refractivity contribution in [3.05, 3.63) is 35.9 Å². The maximum absolute atomic E-state index is 12.5. The Morgan fingerprint density at radius 3 is 2.96 bits per heavy atom. The van der Waals surface area contributed by atoms with E-state index in [1.54, 1.807) is 35.0 Å². The number of hydrogen-bond acceptors (Lipinski definition) is 4. The lowest BCUT2D eigenvalue weighted by Gasteiger charge is -2.22. The molecule has 0 aliphatic carbocycles. The summed E-state index contributed by atoms with van der Waals surface area (Å²) in [6, 6.07) is 5.24. The van der Waals surface area contributed by atoms with E-state index >= 15 is 0 Å². The highest BCUT2D eigenvalue weighted by Crippen LogP contribution is 2.32. The Balaban J connectivity index is 1.71. The molecule has 1 N–H and O–H groups in total. The molecule has 3 heterocycles. The summed E-state index contributed by atoms with van der Waals surface area (Å²) in [4.78, 5) is 26.4. The van der Waals surface area contributed by atoms with Crippen molar-refractivity contribution >= 4 is 17.6 Å². The molecule has 1 aliphatic rings. The highest BCUT2D eigenvalue weighted by molar-refractivity contribution is 6.39. The van der Waals surface area contributed by atoms with Crippen LogP contribution in [0.25, 0.3) is 0 Å². The number of amides is 2. The minimum atomic E-state index is -0.644. The van der Waals surface area contributed by atoms with Gasteiger partial charge in [0.05, 0.1) is 18.0 Å². The van der Waals surface area contributed by atoms with E-state index in [2.05, 4.69) is 10.4 Å². The molecule has 23 heavy (non-hydrogen) atoms. The predicted octanol–water partition coefficient (Wildman–Crippen LogP) is 1.88. The Morgan fingerprint density at radius 2 is 2.30 bits per heavy atom. The van der Waals surface area contributed by atoms with Crippen molar-refractivity contribution in [3.8, 4) is 0 Å². The van der Waals surface area contributed by atoms with Gasteiger partial charge in [0.15, 0.2) is 0 Å². The Hall–Kier alpha value is -2.57. The third kappa shape index (κ3) is 2.99. The van der Waals surface area contributed by atoms with Gasteiger partial charge in [0, 0.05) is 19.7 Å². The van der Waals surface area contributed by atoms with Gasteiger partial charge in [-0.1, -0.05) is 6.92 Å². The first-order valence-electron chi connectivity index (χ1n) is 7.78. The number of aryl methyl sites for hydroxylation is 2. The number of nitrogens with zero attached hydrogens (tertiary/aromatic N) is 3. The summed E-state index contributed by atoms with van der Waals surface area (Å²) in [6.45, 7) is 2.54. The number of nitrogens with one attached hydrogen (secondary N) is 1. The third-order valence-corrected chi connectivity index (χ3v) is 4.11. The highest BCUT2D eigenvalue weighted by atomic mass is 16.3. The molecule has 1 saturated heterocycles. The Labute approximate surface area is 134 Å². The molecule has 0 aromatic carbocycles. The molecule has 0 radical (unpaired) electrons. The first-order valence-corrected chi connectivity index (χ1v) is 7.78. The molecule has 0 spiro atoms. The maximum atomic E-state index is 12.5. The van der Waals surface area contributed by atoms with Crippen LogP contribution in [0, 0.1) is 0 Å². The standard InChI is InChI=1S/C16H20N4O3/c1-3-11-10-14(19(2)18-11)17-15(21)16(22)20-8-4-6-12(20)13-7-5-9-23-13/h5,7,9-10,12H,3-4,6,8H2,1-2H3,(H,17,21)/t12-/m0/s1. The van der Waals surface area contributed by atoms with Crippen molar-refractivity contribution in [2.24, 2.45) is 7.05 Å². The Bertz CT molecular complexity index is 705. The zero-order chi connectivity index (χ0) is 16.4. The van der Waals surface area contributed by atoms with Crippen molar-refractivity contribution < 1.29 is 14.0 Å². The second kappa shape index (κ2) is 6.28. The highest BCUT2D eigenvalue weighted by Gasteiger charge is 2.35. The number of carbonyl (C=O) groups excluding carboxylic acids is 2. The van der Waals surface area contributed by atoms with Crippen LogP contribution >= 0.6 is 0 Å². The zero-order valence-corrected chi connectivity index (χ0v) is 13.3. The van der Waals surface area contributed by atoms with Crippen molar-refractivity contribution in [2.75, 3.05) is 11.9 Å². The summed E-state index contributed by atoms with van der Waals surface area (Å²) in [7, 11) is 1.74. The van der Waals surface area contributed by atoms with Crippen LogP contribution in [0.1, 0.15) is 37.3 Å². The molecule has 1 atom stereocenters. The fourth-order valence-electron chi connectivity index (χ4n) is 2.90. The van der Waals surface area contributed by atoms with E-state index < -0.39 is 11.8 Å². The second-order valence-electron chi connectivity index (χ2n) is 5.62. The van der Waals surface area contributed by atoms with E-state index in [1.807, 2.05) is 13.0 Å². The van der Waals surface area contributed by atoms with Crippen LogP contribution in [0.3, 0.4) is 0 Å². The molecule has 1 aliphatic heterocycles. The van der Waals surface area contributed by atoms with Crippen LogP contribution in [0.5, 0.6) is 0 Å². The molecule has 2 amide bonds. The lowest BCUT2D eigenvalue weighted by atomic mass is 10.1. The number of anilines is 1. The molecule has 2 aromatic heterocycles. The maximum Gasteiger partial charge on any atom is 0.315 e. The number of likely N-dealkylation sites (tertiary alicyclic amines) is 1.